The highest BCUT2D eigenvalue weighted by molar-refractivity contribution is 9.10. The van der Waals surface area contributed by atoms with Gasteiger partial charge in [0.15, 0.2) is 0 Å². The molecule has 0 radical (unpaired) electrons. The highest BCUT2D eigenvalue weighted by Gasteiger charge is 2.10. The van der Waals surface area contributed by atoms with E-state index in [0.717, 1.165) is 42.2 Å². The largest absolute Gasteiger partial charge is 0.456 e. The minimum atomic E-state index is 0.773. The highest BCUT2D eigenvalue weighted by Crippen LogP contribution is 2.29. The van der Waals surface area contributed by atoms with Gasteiger partial charge in [0.2, 0.25) is 0 Å². The molecule has 0 spiro atoms. The van der Waals surface area contributed by atoms with Crippen molar-refractivity contribution in [2.45, 2.75) is 0 Å². The van der Waals surface area contributed by atoms with Crippen molar-refractivity contribution >= 4 is 21.6 Å². The lowest BCUT2D eigenvalue weighted by atomic mass is 10.2. The number of anilines is 1. The van der Waals surface area contributed by atoms with Gasteiger partial charge in [0.05, 0.1) is 4.47 Å². The molecule has 1 aliphatic rings. The Hall–Kier alpha value is -1.59. The molecule has 0 aliphatic carbocycles. The number of aromatic nitrogens is 1. The van der Waals surface area contributed by atoms with Gasteiger partial charge in [0.25, 0.3) is 0 Å². The van der Waals surface area contributed by atoms with Crippen LogP contribution < -0.4 is 15.0 Å². The van der Waals surface area contributed by atoms with E-state index < -0.39 is 0 Å². The number of nitrogens with one attached hydrogen (secondary N) is 1. The Morgan fingerprint density at radius 1 is 1.10 bits per heavy atom. The minimum Gasteiger partial charge on any atom is -0.456 e. The molecule has 0 atom stereocenters. The van der Waals surface area contributed by atoms with Crippen molar-refractivity contribution in [3.05, 3.63) is 47.2 Å². The third kappa shape index (κ3) is 3.11. The summed E-state index contributed by atoms with van der Waals surface area (Å²) in [7, 11) is 0. The number of benzene rings is 1. The Balaban J connectivity index is 1.71. The summed E-state index contributed by atoms with van der Waals surface area (Å²) in [5.41, 5.74) is 1.24. The van der Waals surface area contributed by atoms with Crippen LogP contribution in [0.15, 0.2) is 47.2 Å². The molecule has 4 nitrogen and oxygen atoms in total. The lowest BCUT2D eigenvalue weighted by molar-refractivity contribution is 0.478. The zero-order valence-electron chi connectivity index (χ0n) is 11.1. The number of piperazine rings is 1. The fourth-order valence-corrected chi connectivity index (χ4v) is 2.55. The van der Waals surface area contributed by atoms with Crippen LogP contribution in [0.3, 0.4) is 0 Å². The summed E-state index contributed by atoms with van der Waals surface area (Å²) in [6.45, 7) is 4.19. The number of nitrogens with zero attached hydrogens (tertiary/aromatic N) is 2. The van der Waals surface area contributed by atoms with Crippen LogP contribution in [0.4, 0.5) is 5.69 Å². The Morgan fingerprint density at radius 3 is 2.55 bits per heavy atom. The maximum atomic E-state index is 5.83. The van der Waals surface area contributed by atoms with Gasteiger partial charge in [-0.25, -0.2) is 0 Å². The highest BCUT2D eigenvalue weighted by atomic mass is 79.9. The van der Waals surface area contributed by atoms with Crippen LogP contribution in [0, 0.1) is 0 Å². The van der Waals surface area contributed by atoms with Crippen LogP contribution in [-0.2, 0) is 0 Å². The van der Waals surface area contributed by atoms with Crippen molar-refractivity contribution in [3.8, 4) is 11.5 Å². The fraction of sp³-hybridized carbons (Fsp3) is 0.267. The molecule has 20 heavy (non-hydrogen) atoms. The van der Waals surface area contributed by atoms with Crippen molar-refractivity contribution in [2.24, 2.45) is 0 Å². The first-order chi connectivity index (χ1) is 9.83. The Kier molecular flexibility index (Phi) is 4.18. The fourth-order valence-electron chi connectivity index (χ4n) is 2.22. The van der Waals surface area contributed by atoms with E-state index in [9.17, 15) is 0 Å². The lowest BCUT2D eigenvalue weighted by Crippen LogP contribution is -2.43. The molecule has 2 heterocycles. The molecule has 3 rings (SSSR count). The van der Waals surface area contributed by atoms with E-state index in [1.165, 1.54) is 5.69 Å². The molecule has 2 aromatic rings. The van der Waals surface area contributed by atoms with Crippen molar-refractivity contribution < 1.29 is 4.74 Å². The van der Waals surface area contributed by atoms with Gasteiger partial charge in [-0.3, -0.25) is 4.98 Å². The van der Waals surface area contributed by atoms with Crippen LogP contribution >= 0.6 is 15.9 Å². The zero-order chi connectivity index (χ0) is 13.8. The van der Waals surface area contributed by atoms with Gasteiger partial charge in [-0.1, -0.05) is 0 Å². The van der Waals surface area contributed by atoms with E-state index in [1.54, 1.807) is 12.4 Å². The second-order valence-electron chi connectivity index (χ2n) is 4.64. The molecule has 1 N–H and O–H groups in total. The SMILES string of the molecule is Brc1cnccc1Oc1ccc(N2CCNCC2)cc1. The first kappa shape index (κ1) is 13.4. The van der Waals surface area contributed by atoms with Crippen LogP contribution in [0.1, 0.15) is 0 Å². The van der Waals surface area contributed by atoms with E-state index in [0.29, 0.717) is 0 Å². The molecular formula is C15H16BrN3O. The summed E-state index contributed by atoms with van der Waals surface area (Å²) in [5, 5.41) is 3.36. The second-order valence-corrected chi connectivity index (χ2v) is 5.49. The number of ether oxygens (including phenoxy) is 1. The van der Waals surface area contributed by atoms with Gasteiger partial charge in [-0.15, -0.1) is 0 Å². The number of halogens is 1. The summed E-state index contributed by atoms with van der Waals surface area (Å²) in [5.74, 6) is 1.60. The second kappa shape index (κ2) is 6.24. The van der Waals surface area contributed by atoms with E-state index in [1.807, 2.05) is 18.2 Å². The maximum Gasteiger partial charge on any atom is 0.144 e. The van der Waals surface area contributed by atoms with Crippen molar-refractivity contribution in [2.75, 3.05) is 31.1 Å². The lowest BCUT2D eigenvalue weighted by Gasteiger charge is -2.29. The monoisotopic (exact) mass is 333 g/mol. The van der Waals surface area contributed by atoms with Gasteiger partial charge < -0.3 is 15.0 Å². The molecule has 1 fully saturated rings. The van der Waals surface area contributed by atoms with Crippen molar-refractivity contribution in [1.29, 1.82) is 0 Å². The zero-order valence-corrected chi connectivity index (χ0v) is 12.6. The third-order valence-corrected chi connectivity index (χ3v) is 3.88. The smallest absolute Gasteiger partial charge is 0.144 e. The molecule has 1 aromatic carbocycles. The van der Waals surface area contributed by atoms with Gasteiger partial charge in [-0.2, -0.15) is 0 Å². The number of pyridine rings is 1. The van der Waals surface area contributed by atoms with E-state index in [2.05, 4.69) is 43.3 Å². The van der Waals surface area contributed by atoms with E-state index >= 15 is 0 Å². The Morgan fingerprint density at radius 2 is 1.85 bits per heavy atom. The summed E-state index contributed by atoms with van der Waals surface area (Å²) in [6, 6.07) is 10.1. The predicted octanol–water partition coefficient (Wildman–Crippen LogP) is 3.05. The van der Waals surface area contributed by atoms with Crippen LogP contribution in [0.5, 0.6) is 11.5 Å². The standard InChI is InChI=1S/C15H16BrN3O/c16-14-11-18-6-5-15(14)20-13-3-1-12(2-4-13)19-9-7-17-8-10-19/h1-6,11,17H,7-10H2. The Labute approximate surface area is 126 Å². The average Bonchev–Trinajstić information content (AvgIpc) is 2.51. The molecule has 0 unspecified atom stereocenters. The van der Waals surface area contributed by atoms with Gasteiger partial charge in [0, 0.05) is 50.3 Å². The maximum absolute atomic E-state index is 5.83. The van der Waals surface area contributed by atoms with E-state index in [-0.39, 0.29) is 0 Å². The van der Waals surface area contributed by atoms with Crippen LogP contribution in [0.2, 0.25) is 0 Å². The van der Waals surface area contributed by atoms with Crippen molar-refractivity contribution in [1.82, 2.24) is 10.3 Å². The van der Waals surface area contributed by atoms with Gasteiger partial charge in [0.1, 0.15) is 11.5 Å². The molecule has 104 valence electrons. The van der Waals surface area contributed by atoms with Gasteiger partial charge >= 0.3 is 0 Å². The normalized spacial score (nSPS) is 15.2. The molecule has 0 bridgehead atoms. The van der Waals surface area contributed by atoms with Crippen LogP contribution in [-0.4, -0.2) is 31.2 Å². The predicted molar refractivity (Wildman–Crippen MR) is 83.5 cm³/mol. The van der Waals surface area contributed by atoms with E-state index in [4.69, 9.17) is 4.74 Å². The third-order valence-electron chi connectivity index (χ3n) is 3.28. The topological polar surface area (TPSA) is 37.4 Å². The quantitative estimate of drug-likeness (QED) is 0.936. The van der Waals surface area contributed by atoms with Gasteiger partial charge in [-0.05, 0) is 40.2 Å². The molecular weight excluding hydrogens is 318 g/mol. The number of hydrogen-bond acceptors (Lipinski definition) is 4. The molecule has 0 saturated carbocycles. The molecule has 5 heteroatoms. The summed E-state index contributed by atoms with van der Waals surface area (Å²) < 4.78 is 6.69. The summed E-state index contributed by atoms with van der Waals surface area (Å²) in [6.07, 6.45) is 3.44. The Bertz CT molecular complexity index is 568. The molecule has 1 aromatic heterocycles. The number of rotatable bonds is 3. The van der Waals surface area contributed by atoms with Crippen molar-refractivity contribution in [3.63, 3.8) is 0 Å². The molecule has 0 amide bonds. The average molecular weight is 334 g/mol. The first-order valence-electron chi connectivity index (χ1n) is 6.66. The molecule has 1 aliphatic heterocycles. The number of hydrogen-bond donors (Lipinski definition) is 1. The first-order valence-corrected chi connectivity index (χ1v) is 7.45. The summed E-state index contributed by atoms with van der Waals surface area (Å²) in [4.78, 5) is 6.40. The minimum absolute atomic E-state index is 0.773. The van der Waals surface area contributed by atoms with Crippen LogP contribution in [0.25, 0.3) is 0 Å². The summed E-state index contributed by atoms with van der Waals surface area (Å²) >= 11 is 3.43. The molecule has 1 saturated heterocycles.